The minimum Gasteiger partial charge on any atom is -0.385 e. The molecule has 0 unspecified atom stereocenters. The molecule has 1 rings (SSSR count). The van der Waals surface area contributed by atoms with E-state index >= 15 is 0 Å². The summed E-state index contributed by atoms with van der Waals surface area (Å²) in [6, 6.07) is 2.05. The molecule has 0 aliphatic carbocycles. The van der Waals surface area contributed by atoms with Crippen molar-refractivity contribution in [1.82, 2.24) is 0 Å². The van der Waals surface area contributed by atoms with E-state index in [1.807, 2.05) is 0 Å². The topological polar surface area (TPSA) is 21.3 Å². The van der Waals surface area contributed by atoms with Gasteiger partial charge in [-0.1, -0.05) is 0 Å². The number of halogens is 3. The van der Waals surface area contributed by atoms with E-state index in [0.717, 1.165) is 6.07 Å². The summed E-state index contributed by atoms with van der Waals surface area (Å²) in [7, 11) is 1.55. The standard InChI is InChI=1S/C10H12F3NO/c1-15-6-2-5-14-8-4-3-7(11)9(12)10(8)13/h3-4,14H,2,5-6H2,1H3. The van der Waals surface area contributed by atoms with Gasteiger partial charge in [0.2, 0.25) is 0 Å². The summed E-state index contributed by atoms with van der Waals surface area (Å²) < 4.78 is 43.1. The van der Waals surface area contributed by atoms with Crippen LogP contribution >= 0.6 is 0 Å². The van der Waals surface area contributed by atoms with Crippen LogP contribution < -0.4 is 5.32 Å². The first-order chi connectivity index (χ1) is 7.16. The molecule has 5 heteroatoms. The van der Waals surface area contributed by atoms with Gasteiger partial charge in [-0.25, -0.2) is 13.2 Å². The minimum absolute atomic E-state index is 0.0370. The number of hydrogen-bond acceptors (Lipinski definition) is 2. The van der Waals surface area contributed by atoms with Crippen molar-refractivity contribution in [2.24, 2.45) is 0 Å². The number of nitrogens with one attached hydrogen (secondary N) is 1. The number of anilines is 1. The Labute approximate surface area is 86.1 Å². The molecule has 1 aromatic carbocycles. The highest BCUT2D eigenvalue weighted by atomic mass is 19.2. The molecule has 0 saturated carbocycles. The van der Waals surface area contributed by atoms with Crippen LogP contribution in [0.15, 0.2) is 12.1 Å². The van der Waals surface area contributed by atoms with E-state index in [4.69, 9.17) is 4.74 Å². The Hall–Kier alpha value is -1.23. The fraction of sp³-hybridized carbons (Fsp3) is 0.400. The Morgan fingerprint density at radius 1 is 1.20 bits per heavy atom. The smallest absolute Gasteiger partial charge is 0.196 e. The Bertz CT molecular complexity index is 331. The van der Waals surface area contributed by atoms with Crippen LogP contribution in [-0.2, 0) is 4.74 Å². The lowest BCUT2D eigenvalue weighted by molar-refractivity contribution is 0.197. The maximum atomic E-state index is 13.1. The van der Waals surface area contributed by atoms with Crippen LogP contribution in [0.1, 0.15) is 6.42 Å². The summed E-state index contributed by atoms with van der Waals surface area (Å²) >= 11 is 0. The van der Waals surface area contributed by atoms with E-state index in [1.165, 1.54) is 6.07 Å². The Balaban J connectivity index is 2.58. The summed E-state index contributed by atoms with van der Waals surface area (Å²) in [5.41, 5.74) is -0.0370. The number of ether oxygens (including phenoxy) is 1. The zero-order valence-corrected chi connectivity index (χ0v) is 8.32. The first-order valence-corrected chi connectivity index (χ1v) is 4.53. The fourth-order valence-electron chi connectivity index (χ4n) is 1.10. The van der Waals surface area contributed by atoms with E-state index in [0.29, 0.717) is 19.6 Å². The molecule has 0 amide bonds. The van der Waals surface area contributed by atoms with Crippen molar-refractivity contribution >= 4 is 5.69 Å². The van der Waals surface area contributed by atoms with Gasteiger partial charge in [-0.3, -0.25) is 0 Å². The fourth-order valence-corrected chi connectivity index (χ4v) is 1.10. The SMILES string of the molecule is COCCCNc1ccc(F)c(F)c1F. The summed E-state index contributed by atoms with van der Waals surface area (Å²) in [6.07, 6.45) is 0.662. The van der Waals surface area contributed by atoms with E-state index in [-0.39, 0.29) is 5.69 Å². The van der Waals surface area contributed by atoms with Crippen molar-refractivity contribution in [3.05, 3.63) is 29.6 Å². The molecule has 0 heterocycles. The predicted octanol–water partition coefficient (Wildman–Crippen LogP) is 2.55. The summed E-state index contributed by atoms with van der Waals surface area (Å²) in [4.78, 5) is 0. The summed E-state index contributed by atoms with van der Waals surface area (Å²) in [6.45, 7) is 0.966. The van der Waals surface area contributed by atoms with Crippen LogP contribution in [0.5, 0.6) is 0 Å². The minimum atomic E-state index is -1.45. The molecule has 0 fully saturated rings. The lowest BCUT2D eigenvalue weighted by atomic mass is 10.2. The third kappa shape index (κ3) is 3.13. The van der Waals surface area contributed by atoms with Gasteiger partial charge in [0.1, 0.15) is 0 Å². The van der Waals surface area contributed by atoms with Gasteiger partial charge in [0.25, 0.3) is 0 Å². The van der Waals surface area contributed by atoms with Crippen LogP contribution in [0.4, 0.5) is 18.9 Å². The molecular weight excluding hydrogens is 207 g/mol. The number of hydrogen-bond donors (Lipinski definition) is 1. The molecule has 84 valence electrons. The molecule has 2 nitrogen and oxygen atoms in total. The number of rotatable bonds is 5. The lowest BCUT2D eigenvalue weighted by Gasteiger charge is -2.07. The predicted molar refractivity (Wildman–Crippen MR) is 51.3 cm³/mol. The molecule has 0 bridgehead atoms. The van der Waals surface area contributed by atoms with Crippen LogP contribution in [0, 0.1) is 17.5 Å². The van der Waals surface area contributed by atoms with Crippen molar-refractivity contribution in [2.75, 3.05) is 25.6 Å². The van der Waals surface area contributed by atoms with E-state index in [9.17, 15) is 13.2 Å². The molecule has 0 atom stereocenters. The van der Waals surface area contributed by atoms with Crippen LogP contribution in [0.25, 0.3) is 0 Å². The molecule has 0 aliphatic heterocycles. The average Bonchev–Trinajstić information content (AvgIpc) is 2.24. The van der Waals surface area contributed by atoms with E-state index < -0.39 is 17.5 Å². The van der Waals surface area contributed by atoms with Gasteiger partial charge >= 0.3 is 0 Å². The quantitative estimate of drug-likeness (QED) is 0.607. The van der Waals surface area contributed by atoms with Gasteiger partial charge in [-0.2, -0.15) is 0 Å². The largest absolute Gasteiger partial charge is 0.385 e. The number of methoxy groups -OCH3 is 1. The number of benzene rings is 1. The molecule has 0 saturated heterocycles. The van der Waals surface area contributed by atoms with Crippen molar-refractivity contribution in [2.45, 2.75) is 6.42 Å². The van der Waals surface area contributed by atoms with E-state index in [2.05, 4.69) is 5.32 Å². The van der Waals surface area contributed by atoms with Crippen molar-refractivity contribution < 1.29 is 17.9 Å². The zero-order chi connectivity index (χ0) is 11.3. The second-order valence-electron chi connectivity index (χ2n) is 3.00. The zero-order valence-electron chi connectivity index (χ0n) is 8.32. The molecule has 0 aromatic heterocycles. The second-order valence-corrected chi connectivity index (χ2v) is 3.00. The van der Waals surface area contributed by atoms with Gasteiger partial charge < -0.3 is 10.1 Å². The third-order valence-electron chi connectivity index (χ3n) is 1.88. The second kappa shape index (κ2) is 5.60. The first-order valence-electron chi connectivity index (χ1n) is 4.53. The summed E-state index contributed by atoms with van der Waals surface area (Å²) in [5.74, 6) is -3.82. The highest BCUT2D eigenvalue weighted by Crippen LogP contribution is 2.19. The van der Waals surface area contributed by atoms with Gasteiger partial charge in [0.15, 0.2) is 17.5 Å². The van der Waals surface area contributed by atoms with Crippen molar-refractivity contribution in [1.29, 1.82) is 0 Å². The molecule has 0 spiro atoms. The monoisotopic (exact) mass is 219 g/mol. The van der Waals surface area contributed by atoms with Gasteiger partial charge in [-0.15, -0.1) is 0 Å². The van der Waals surface area contributed by atoms with Crippen LogP contribution in [0.2, 0.25) is 0 Å². The van der Waals surface area contributed by atoms with Gasteiger partial charge in [0.05, 0.1) is 5.69 Å². The highest BCUT2D eigenvalue weighted by Gasteiger charge is 2.12. The molecule has 15 heavy (non-hydrogen) atoms. The van der Waals surface area contributed by atoms with Crippen molar-refractivity contribution in [3.63, 3.8) is 0 Å². The highest BCUT2D eigenvalue weighted by molar-refractivity contribution is 5.45. The Kier molecular flexibility index (Phi) is 4.42. The molecule has 0 aliphatic rings. The average molecular weight is 219 g/mol. The Morgan fingerprint density at radius 3 is 2.60 bits per heavy atom. The maximum Gasteiger partial charge on any atom is 0.196 e. The lowest BCUT2D eigenvalue weighted by Crippen LogP contribution is -2.07. The third-order valence-corrected chi connectivity index (χ3v) is 1.88. The van der Waals surface area contributed by atoms with Crippen LogP contribution in [-0.4, -0.2) is 20.3 Å². The first kappa shape index (κ1) is 11.8. The van der Waals surface area contributed by atoms with Crippen molar-refractivity contribution in [3.8, 4) is 0 Å². The molecule has 0 radical (unpaired) electrons. The summed E-state index contributed by atoms with van der Waals surface area (Å²) in [5, 5.41) is 2.65. The van der Waals surface area contributed by atoms with Gasteiger partial charge in [-0.05, 0) is 18.6 Å². The van der Waals surface area contributed by atoms with Gasteiger partial charge in [0, 0.05) is 20.3 Å². The maximum absolute atomic E-state index is 13.1. The van der Waals surface area contributed by atoms with E-state index in [1.54, 1.807) is 7.11 Å². The molecular formula is C10H12F3NO. The molecule has 1 N–H and O–H groups in total. The molecule has 1 aromatic rings. The van der Waals surface area contributed by atoms with Crippen LogP contribution in [0.3, 0.4) is 0 Å². The normalized spacial score (nSPS) is 10.4. The Morgan fingerprint density at radius 2 is 1.93 bits per heavy atom.